The summed E-state index contributed by atoms with van der Waals surface area (Å²) in [5, 5.41) is 19.1. The van der Waals surface area contributed by atoms with Crippen LogP contribution in [0.3, 0.4) is 0 Å². The molecule has 5 nitrogen and oxygen atoms in total. The highest BCUT2D eigenvalue weighted by Gasteiger charge is 2.30. The lowest BCUT2D eigenvalue weighted by Gasteiger charge is -2.26. The third kappa shape index (κ3) is 4.31. The largest absolute Gasteiger partial charge is 0.383 e. The molecule has 1 unspecified atom stereocenters. The second-order valence-electron chi connectivity index (χ2n) is 8.02. The van der Waals surface area contributed by atoms with E-state index in [0.29, 0.717) is 41.7 Å². The fraction of sp³-hybridized carbons (Fsp3) is 0.348. The number of aromatic nitrogens is 2. The van der Waals surface area contributed by atoms with E-state index in [0.717, 1.165) is 12.5 Å². The molecule has 0 radical (unpaired) electrons. The lowest BCUT2D eigenvalue weighted by molar-refractivity contribution is -0.0337. The molecule has 1 aliphatic carbocycles. The van der Waals surface area contributed by atoms with Crippen LogP contribution < -0.4 is 10.9 Å². The van der Waals surface area contributed by atoms with Crippen LogP contribution in [-0.2, 0) is 0 Å². The van der Waals surface area contributed by atoms with Gasteiger partial charge >= 0.3 is 0 Å². The van der Waals surface area contributed by atoms with Crippen molar-refractivity contribution in [2.75, 3.05) is 11.9 Å². The molecule has 0 spiro atoms. The molecule has 0 bridgehead atoms. The zero-order valence-electron chi connectivity index (χ0n) is 17.0. The van der Waals surface area contributed by atoms with E-state index in [2.05, 4.69) is 15.5 Å². The smallest absolute Gasteiger partial charge is 0.272 e. The van der Waals surface area contributed by atoms with Gasteiger partial charge in [0.25, 0.3) is 5.56 Å². The molecule has 1 fully saturated rings. The predicted octanol–water partition coefficient (Wildman–Crippen LogP) is 5.22. The van der Waals surface area contributed by atoms with Crippen molar-refractivity contribution in [1.29, 1.82) is 5.26 Å². The molecule has 5 rings (SSSR count). The maximum atomic E-state index is 13.9. The summed E-state index contributed by atoms with van der Waals surface area (Å²) in [6.45, 7) is 0.371. The predicted molar refractivity (Wildman–Crippen MR) is 112 cm³/mol. The summed E-state index contributed by atoms with van der Waals surface area (Å²) in [4.78, 5) is 11.9. The van der Waals surface area contributed by atoms with Crippen LogP contribution in [0.4, 0.5) is 23.2 Å². The van der Waals surface area contributed by atoms with Crippen molar-refractivity contribution in [3.63, 3.8) is 0 Å². The Bertz CT molecular complexity index is 1260. The van der Waals surface area contributed by atoms with Gasteiger partial charge < -0.3 is 5.32 Å². The van der Waals surface area contributed by atoms with Crippen LogP contribution in [0.25, 0.3) is 10.8 Å². The Balaban J connectivity index is 0.000000260. The highest BCUT2D eigenvalue weighted by Crippen LogP contribution is 2.37. The van der Waals surface area contributed by atoms with Crippen molar-refractivity contribution >= 4 is 16.5 Å². The molecule has 3 aromatic rings. The summed E-state index contributed by atoms with van der Waals surface area (Å²) in [5.41, 5.74) is 1.13. The summed E-state index contributed by atoms with van der Waals surface area (Å²) in [6.07, 6.45) is 2.66. The van der Waals surface area contributed by atoms with E-state index in [-0.39, 0.29) is 29.7 Å². The number of nitrogens with zero attached hydrogens (tertiary/aromatic N) is 2. The van der Waals surface area contributed by atoms with Crippen LogP contribution in [-0.4, -0.2) is 22.7 Å². The minimum Gasteiger partial charge on any atom is -0.383 e. The SMILES string of the molecule is FC1(F)CCCCC1.N#Cc1ccc(C2CNc3cc(F)cc4c(=O)[nH]nc2c34)cc1F. The molecule has 9 heteroatoms. The first-order chi connectivity index (χ1) is 15.3. The normalized spacial score (nSPS) is 18.8. The highest BCUT2D eigenvalue weighted by atomic mass is 19.3. The van der Waals surface area contributed by atoms with Gasteiger partial charge in [-0.2, -0.15) is 10.4 Å². The highest BCUT2D eigenvalue weighted by molar-refractivity contribution is 5.97. The molecular weight excluding hydrogens is 424 g/mol. The maximum Gasteiger partial charge on any atom is 0.272 e. The number of benzene rings is 2. The van der Waals surface area contributed by atoms with Crippen molar-refractivity contribution in [2.45, 2.75) is 43.9 Å². The number of nitrogens with one attached hydrogen (secondary N) is 2. The van der Waals surface area contributed by atoms with E-state index < -0.39 is 23.1 Å². The standard InChI is InChI=1S/C17H10F2N4O.C6H10F2/c18-10-4-11-15-14(5-10)21-7-12(16(15)22-23-17(11)24)8-1-2-9(6-20)13(19)3-8;7-6(8)4-2-1-3-5-6/h1-5,12,21H,7H2,(H,23,24);1-5H2. The van der Waals surface area contributed by atoms with Gasteiger partial charge in [0.15, 0.2) is 0 Å². The number of rotatable bonds is 1. The van der Waals surface area contributed by atoms with E-state index >= 15 is 0 Å². The van der Waals surface area contributed by atoms with Gasteiger partial charge in [-0.05, 0) is 42.7 Å². The molecule has 166 valence electrons. The summed E-state index contributed by atoms with van der Waals surface area (Å²) in [6, 6.07) is 8.60. The fourth-order valence-corrected chi connectivity index (χ4v) is 4.17. The number of alkyl halides is 2. The first-order valence-corrected chi connectivity index (χ1v) is 10.3. The Morgan fingerprint density at radius 1 is 1.09 bits per heavy atom. The molecule has 32 heavy (non-hydrogen) atoms. The number of halogens is 4. The van der Waals surface area contributed by atoms with E-state index in [1.807, 2.05) is 0 Å². The molecule has 1 saturated carbocycles. The van der Waals surface area contributed by atoms with E-state index in [1.165, 1.54) is 18.2 Å². The van der Waals surface area contributed by atoms with Gasteiger partial charge in [-0.25, -0.2) is 22.7 Å². The Kier molecular flexibility index (Phi) is 5.87. The van der Waals surface area contributed by atoms with Crippen LogP contribution >= 0.6 is 0 Å². The molecule has 1 aromatic heterocycles. The van der Waals surface area contributed by atoms with Gasteiger partial charge in [0.1, 0.15) is 17.7 Å². The zero-order valence-corrected chi connectivity index (χ0v) is 17.0. The molecule has 2 aromatic carbocycles. The summed E-state index contributed by atoms with van der Waals surface area (Å²) < 4.78 is 52.0. The van der Waals surface area contributed by atoms with Gasteiger partial charge in [-0.1, -0.05) is 12.5 Å². The topological polar surface area (TPSA) is 81.6 Å². The van der Waals surface area contributed by atoms with Crippen molar-refractivity contribution in [2.24, 2.45) is 0 Å². The molecule has 0 amide bonds. The van der Waals surface area contributed by atoms with Gasteiger partial charge in [-0.3, -0.25) is 4.79 Å². The van der Waals surface area contributed by atoms with Gasteiger partial charge in [0.2, 0.25) is 5.92 Å². The number of aromatic amines is 1. The van der Waals surface area contributed by atoms with E-state index in [9.17, 15) is 22.4 Å². The van der Waals surface area contributed by atoms with Crippen LogP contribution in [0.1, 0.15) is 54.8 Å². The maximum absolute atomic E-state index is 13.9. The van der Waals surface area contributed by atoms with Gasteiger partial charge in [-0.15, -0.1) is 0 Å². The average Bonchev–Trinajstić information content (AvgIpc) is 2.76. The quantitative estimate of drug-likeness (QED) is 0.505. The van der Waals surface area contributed by atoms with Crippen molar-refractivity contribution in [3.05, 3.63) is 69.1 Å². The van der Waals surface area contributed by atoms with Crippen LogP contribution in [0.5, 0.6) is 0 Å². The first-order valence-electron chi connectivity index (χ1n) is 10.3. The van der Waals surface area contributed by atoms with Gasteiger partial charge in [0, 0.05) is 36.4 Å². The second-order valence-corrected chi connectivity index (χ2v) is 8.02. The first kappa shape index (κ1) is 21.8. The third-order valence-electron chi connectivity index (χ3n) is 5.81. The van der Waals surface area contributed by atoms with Crippen molar-refractivity contribution in [3.8, 4) is 6.07 Å². The number of anilines is 1. The van der Waals surface area contributed by atoms with E-state index in [1.54, 1.807) is 12.1 Å². The molecule has 2 N–H and O–H groups in total. The molecule has 1 atom stereocenters. The number of H-pyrrole nitrogens is 1. The monoisotopic (exact) mass is 444 g/mol. The summed E-state index contributed by atoms with van der Waals surface area (Å²) in [7, 11) is 0. The number of hydrogen-bond acceptors (Lipinski definition) is 4. The van der Waals surface area contributed by atoms with Gasteiger partial charge in [0.05, 0.1) is 16.6 Å². The minimum absolute atomic E-state index is 0.0374. The van der Waals surface area contributed by atoms with E-state index in [4.69, 9.17) is 5.26 Å². The number of nitriles is 1. The third-order valence-corrected chi connectivity index (χ3v) is 5.81. The Hall–Kier alpha value is -3.41. The van der Waals surface area contributed by atoms with Crippen LogP contribution in [0.2, 0.25) is 0 Å². The Labute approximate surface area is 181 Å². The molecular formula is C23H20F4N4O. The average molecular weight is 444 g/mol. The second kappa shape index (κ2) is 8.61. The Morgan fingerprint density at radius 3 is 2.47 bits per heavy atom. The lowest BCUT2D eigenvalue weighted by Crippen LogP contribution is -2.24. The Morgan fingerprint density at radius 2 is 1.84 bits per heavy atom. The fourth-order valence-electron chi connectivity index (χ4n) is 4.17. The minimum atomic E-state index is -2.32. The zero-order chi connectivity index (χ0) is 22.9. The van der Waals surface area contributed by atoms with Crippen molar-refractivity contribution < 1.29 is 17.6 Å². The van der Waals surface area contributed by atoms with Crippen LogP contribution in [0, 0.1) is 23.0 Å². The summed E-state index contributed by atoms with van der Waals surface area (Å²) in [5.74, 6) is -3.78. The molecule has 2 heterocycles. The molecule has 2 aliphatic rings. The molecule has 0 saturated heterocycles. The molecule has 1 aliphatic heterocycles. The number of hydrogen-bond donors (Lipinski definition) is 2. The summed E-state index contributed by atoms with van der Waals surface area (Å²) >= 11 is 0. The van der Waals surface area contributed by atoms with Crippen LogP contribution in [0.15, 0.2) is 35.1 Å². The lowest BCUT2D eigenvalue weighted by atomic mass is 9.88. The van der Waals surface area contributed by atoms with Crippen molar-refractivity contribution in [1.82, 2.24) is 10.2 Å².